The number of carbonyl (C=O) groups excluding carboxylic acids is 2. The Morgan fingerprint density at radius 2 is 2.30 bits per heavy atom. The van der Waals surface area contributed by atoms with Crippen molar-refractivity contribution in [3.05, 3.63) is 23.8 Å². The highest BCUT2D eigenvalue weighted by atomic mass is 16.5. The average molecular weight is 319 g/mol. The Hall–Kier alpha value is -2.28. The van der Waals surface area contributed by atoms with Crippen molar-refractivity contribution in [3.8, 4) is 11.5 Å². The van der Waals surface area contributed by atoms with Crippen LogP contribution < -0.4 is 20.1 Å². The summed E-state index contributed by atoms with van der Waals surface area (Å²) in [4.78, 5) is 26.0. The zero-order valence-corrected chi connectivity index (χ0v) is 13.1. The molecule has 23 heavy (non-hydrogen) atoms. The van der Waals surface area contributed by atoms with E-state index in [0.29, 0.717) is 37.7 Å². The number of fused-ring (bicyclic) bond motifs is 1. The van der Waals surface area contributed by atoms with Gasteiger partial charge in [0.1, 0.15) is 6.04 Å². The Morgan fingerprint density at radius 1 is 1.43 bits per heavy atom. The van der Waals surface area contributed by atoms with Gasteiger partial charge in [-0.05, 0) is 12.5 Å². The zero-order valence-electron chi connectivity index (χ0n) is 13.1. The van der Waals surface area contributed by atoms with E-state index in [1.807, 2.05) is 18.2 Å². The number of benzene rings is 1. The molecule has 1 saturated heterocycles. The fraction of sp³-hybridized carbons (Fsp3) is 0.500. The third-order valence-electron chi connectivity index (χ3n) is 4.04. The average Bonchev–Trinajstić information content (AvgIpc) is 2.54. The molecule has 1 atom stereocenters. The van der Waals surface area contributed by atoms with Gasteiger partial charge >= 0.3 is 0 Å². The number of amides is 2. The molecule has 0 bridgehead atoms. The lowest BCUT2D eigenvalue weighted by Gasteiger charge is -2.32. The van der Waals surface area contributed by atoms with E-state index >= 15 is 0 Å². The van der Waals surface area contributed by atoms with Crippen molar-refractivity contribution in [3.63, 3.8) is 0 Å². The number of ether oxygens (including phenoxy) is 2. The highest BCUT2D eigenvalue weighted by molar-refractivity contribution is 5.89. The predicted molar refractivity (Wildman–Crippen MR) is 83.3 cm³/mol. The minimum absolute atomic E-state index is 0.0683. The summed E-state index contributed by atoms with van der Waals surface area (Å²) in [6, 6.07) is 5.15. The summed E-state index contributed by atoms with van der Waals surface area (Å²) < 4.78 is 11.1. The number of carbonyl (C=O) groups is 2. The summed E-state index contributed by atoms with van der Waals surface area (Å²) in [5.74, 6) is 1.15. The molecule has 3 rings (SSSR count). The third-order valence-corrected chi connectivity index (χ3v) is 4.04. The molecule has 0 spiro atoms. The van der Waals surface area contributed by atoms with Gasteiger partial charge in [-0.15, -0.1) is 0 Å². The minimum atomic E-state index is -0.509. The van der Waals surface area contributed by atoms with E-state index in [9.17, 15) is 9.59 Å². The molecule has 0 aliphatic carbocycles. The second-order valence-electron chi connectivity index (χ2n) is 5.66. The van der Waals surface area contributed by atoms with Crippen molar-refractivity contribution >= 4 is 11.8 Å². The molecule has 7 nitrogen and oxygen atoms in total. The number of methoxy groups -OCH3 is 1. The molecule has 7 heteroatoms. The van der Waals surface area contributed by atoms with Crippen LogP contribution in [-0.4, -0.2) is 56.1 Å². The summed E-state index contributed by atoms with van der Waals surface area (Å²) >= 11 is 0. The molecule has 2 amide bonds. The summed E-state index contributed by atoms with van der Waals surface area (Å²) in [5.41, 5.74) is 0.910. The maximum Gasteiger partial charge on any atom is 0.246 e. The van der Waals surface area contributed by atoms with Crippen LogP contribution in [0.25, 0.3) is 0 Å². The maximum atomic E-state index is 12.7. The standard InChI is InChI=1S/C16H21N3O4/c1-22-13-5-2-4-11-10-19(6-3-7-23-15(11)13)16(21)12-8-17-9-14(20)18-12/h2,4-5,12,17H,3,6-10H2,1H3,(H,18,20)/t12-/m1/s1. The Kier molecular flexibility index (Phi) is 4.66. The van der Waals surface area contributed by atoms with Gasteiger partial charge in [-0.25, -0.2) is 0 Å². The lowest BCUT2D eigenvalue weighted by atomic mass is 10.1. The highest BCUT2D eigenvalue weighted by Crippen LogP contribution is 2.33. The normalized spacial score (nSPS) is 21.3. The Labute approximate surface area is 134 Å². The fourth-order valence-electron chi connectivity index (χ4n) is 2.91. The Bertz CT molecular complexity index is 605. The largest absolute Gasteiger partial charge is 0.493 e. The molecular weight excluding hydrogens is 298 g/mol. The van der Waals surface area contributed by atoms with Gasteiger partial charge in [0.2, 0.25) is 11.8 Å². The number of hydrogen-bond donors (Lipinski definition) is 2. The van der Waals surface area contributed by atoms with Gasteiger partial charge in [0.15, 0.2) is 11.5 Å². The lowest BCUT2D eigenvalue weighted by molar-refractivity contribution is -0.138. The van der Waals surface area contributed by atoms with Crippen LogP contribution in [0.2, 0.25) is 0 Å². The molecule has 2 heterocycles. The van der Waals surface area contributed by atoms with Gasteiger partial charge in [0.25, 0.3) is 0 Å². The van der Waals surface area contributed by atoms with E-state index in [1.165, 1.54) is 0 Å². The van der Waals surface area contributed by atoms with Gasteiger partial charge in [-0.1, -0.05) is 12.1 Å². The van der Waals surface area contributed by atoms with E-state index in [1.54, 1.807) is 12.0 Å². The Balaban J connectivity index is 1.80. The van der Waals surface area contributed by atoms with Crippen LogP contribution in [0.1, 0.15) is 12.0 Å². The van der Waals surface area contributed by atoms with Crippen LogP contribution in [0.5, 0.6) is 11.5 Å². The lowest BCUT2D eigenvalue weighted by Crippen LogP contribution is -2.59. The van der Waals surface area contributed by atoms with Gasteiger partial charge < -0.3 is 25.0 Å². The molecule has 0 saturated carbocycles. The van der Waals surface area contributed by atoms with Gasteiger partial charge in [0.05, 0.1) is 20.3 Å². The second-order valence-corrected chi connectivity index (χ2v) is 5.66. The molecule has 2 aliphatic rings. The molecule has 1 aromatic rings. The number of nitrogens with one attached hydrogen (secondary N) is 2. The first-order valence-electron chi connectivity index (χ1n) is 7.76. The molecule has 2 N–H and O–H groups in total. The fourth-order valence-corrected chi connectivity index (χ4v) is 2.91. The van der Waals surface area contributed by atoms with Crippen molar-refractivity contribution in [2.75, 3.05) is 33.4 Å². The molecule has 0 radical (unpaired) electrons. The van der Waals surface area contributed by atoms with Crippen molar-refractivity contribution in [2.45, 2.75) is 19.0 Å². The van der Waals surface area contributed by atoms with E-state index in [0.717, 1.165) is 12.0 Å². The number of nitrogens with zero attached hydrogens (tertiary/aromatic N) is 1. The van der Waals surface area contributed by atoms with Crippen LogP contribution in [0.4, 0.5) is 0 Å². The summed E-state index contributed by atoms with van der Waals surface area (Å²) in [6.07, 6.45) is 0.733. The minimum Gasteiger partial charge on any atom is -0.493 e. The number of hydrogen-bond acceptors (Lipinski definition) is 5. The summed E-state index contributed by atoms with van der Waals surface area (Å²) in [5, 5.41) is 5.71. The molecule has 0 unspecified atom stereocenters. The van der Waals surface area contributed by atoms with Crippen molar-refractivity contribution in [2.24, 2.45) is 0 Å². The smallest absolute Gasteiger partial charge is 0.246 e. The number of rotatable bonds is 2. The molecule has 2 aliphatic heterocycles. The molecule has 1 fully saturated rings. The molecule has 0 aromatic heterocycles. The quantitative estimate of drug-likeness (QED) is 0.795. The highest BCUT2D eigenvalue weighted by Gasteiger charge is 2.29. The van der Waals surface area contributed by atoms with Crippen LogP contribution in [0, 0.1) is 0 Å². The zero-order chi connectivity index (χ0) is 16.2. The van der Waals surface area contributed by atoms with Crippen LogP contribution in [-0.2, 0) is 16.1 Å². The number of para-hydroxylation sites is 1. The topological polar surface area (TPSA) is 79.9 Å². The summed E-state index contributed by atoms with van der Waals surface area (Å²) in [6.45, 7) is 2.28. The van der Waals surface area contributed by atoms with E-state index < -0.39 is 6.04 Å². The monoisotopic (exact) mass is 319 g/mol. The molecule has 1 aromatic carbocycles. The van der Waals surface area contributed by atoms with Gasteiger partial charge in [-0.2, -0.15) is 0 Å². The van der Waals surface area contributed by atoms with E-state index in [4.69, 9.17) is 9.47 Å². The van der Waals surface area contributed by atoms with Crippen LogP contribution in [0.15, 0.2) is 18.2 Å². The number of piperazine rings is 1. The van der Waals surface area contributed by atoms with Crippen LogP contribution in [0.3, 0.4) is 0 Å². The molecular formula is C16H21N3O4. The van der Waals surface area contributed by atoms with Crippen molar-refractivity contribution < 1.29 is 19.1 Å². The van der Waals surface area contributed by atoms with Crippen molar-refractivity contribution in [1.82, 2.24) is 15.5 Å². The van der Waals surface area contributed by atoms with E-state index in [2.05, 4.69) is 10.6 Å². The first kappa shape index (κ1) is 15.6. The third kappa shape index (κ3) is 3.39. The first-order valence-corrected chi connectivity index (χ1v) is 7.76. The van der Waals surface area contributed by atoms with Gasteiger partial charge in [0, 0.05) is 25.2 Å². The second kappa shape index (κ2) is 6.87. The van der Waals surface area contributed by atoms with Crippen LogP contribution >= 0.6 is 0 Å². The van der Waals surface area contributed by atoms with Crippen molar-refractivity contribution in [1.29, 1.82) is 0 Å². The SMILES string of the molecule is COc1cccc2c1OCCCN(C(=O)[C@H]1CNCC(=O)N1)C2. The first-order chi connectivity index (χ1) is 11.2. The Morgan fingerprint density at radius 3 is 3.09 bits per heavy atom. The maximum absolute atomic E-state index is 12.7. The van der Waals surface area contributed by atoms with E-state index in [-0.39, 0.29) is 18.4 Å². The molecule has 124 valence electrons. The van der Waals surface area contributed by atoms with Gasteiger partial charge in [-0.3, -0.25) is 9.59 Å². The predicted octanol–water partition coefficient (Wildman–Crippen LogP) is -0.106. The summed E-state index contributed by atoms with van der Waals surface area (Å²) in [7, 11) is 1.60.